The lowest BCUT2D eigenvalue weighted by molar-refractivity contribution is 0.112. The molecule has 3 aromatic rings. The molecule has 1 aliphatic rings. The van der Waals surface area contributed by atoms with E-state index < -0.39 is 0 Å². The van der Waals surface area contributed by atoms with Gasteiger partial charge in [0.05, 0.1) is 11.3 Å². The third-order valence-corrected chi connectivity index (χ3v) is 6.18. The Labute approximate surface area is 183 Å². The average Bonchev–Trinajstić information content (AvgIpc) is 2.71. The van der Waals surface area contributed by atoms with Crippen molar-refractivity contribution in [3.8, 4) is 17.0 Å². The Morgan fingerprint density at radius 2 is 1.74 bits per heavy atom. The summed E-state index contributed by atoms with van der Waals surface area (Å²) in [5.41, 5.74) is 1.39. The van der Waals surface area contributed by atoms with Crippen LogP contribution in [-0.2, 0) is 0 Å². The molecule has 1 aromatic heterocycles. The predicted molar refractivity (Wildman–Crippen MR) is 125 cm³/mol. The second-order valence-electron chi connectivity index (χ2n) is 9.87. The molecule has 0 aliphatic carbocycles. The molecule has 2 N–H and O–H groups in total. The van der Waals surface area contributed by atoms with Gasteiger partial charge in [-0.2, -0.15) is 0 Å². The number of aromatic hydroxyl groups is 1. The van der Waals surface area contributed by atoms with Crippen LogP contribution >= 0.6 is 0 Å². The summed E-state index contributed by atoms with van der Waals surface area (Å²) in [6, 6.07) is 13.5. The number of hydrogen-bond donors (Lipinski definition) is 2. The number of rotatable bonds is 4. The number of aldehydes is 1. The zero-order valence-corrected chi connectivity index (χ0v) is 18.8. The second-order valence-corrected chi connectivity index (χ2v) is 9.87. The van der Waals surface area contributed by atoms with Gasteiger partial charge in [0.1, 0.15) is 5.75 Å². The first-order valence-electron chi connectivity index (χ1n) is 10.7. The molecule has 0 atom stereocenters. The van der Waals surface area contributed by atoms with Gasteiger partial charge in [0.25, 0.3) is 0 Å². The van der Waals surface area contributed by atoms with Crippen LogP contribution < -0.4 is 10.2 Å². The summed E-state index contributed by atoms with van der Waals surface area (Å²) in [5, 5.41) is 24.9. The molecule has 0 amide bonds. The molecule has 0 spiro atoms. The largest absolute Gasteiger partial charge is 0.506 e. The van der Waals surface area contributed by atoms with Gasteiger partial charge in [-0.05, 0) is 69.5 Å². The van der Waals surface area contributed by atoms with Crippen molar-refractivity contribution >= 4 is 22.9 Å². The van der Waals surface area contributed by atoms with E-state index in [1.807, 2.05) is 42.5 Å². The van der Waals surface area contributed by atoms with Crippen LogP contribution in [0.5, 0.6) is 5.75 Å². The summed E-state index contributed by atoms with van der Waals surface area (Å²) in [7, 11) is 2.06. The van der Waals surface area contributed by atoms with Crippen molar-refractivity contribution < 1.29 is 9.90 Å². The Balaban J connectivity index is 1.66. The van der Waals surface area contributed by atoms with Gasteiger partial charge in [-0.3, -0.25) is 4.79 Å². The number of anilines is 1. The molecule has 0 saturated carbocycles. The minimum absolute atomic E-state index is 0.0379. The lowest BCUT2D eigenvalue weighted by atomic mass is 9.79. The van der Waals surface area contributed by atoms with Crippen molar-refractivity contribution in [2.24, 2.45) is 0 Å². The maximum atomic E-state index is 11.6. The lowest BCUT2D eigenvalue weighted by Crippen LogP contribution is -2.62. The predicted octanol–water partition coefficient (Wildman–Crippen LogP) is 4.56. The maximum absolute atomic E-state index is 11.6. The zero-order chi connectivity index (χ0) is 22.4. The summed E-state index contributed by atoms with van der Waals surface area (Å²) in [4.78, 5) is 13.8. The topological polar surface area (TPSA) is 78.4 Å². The summed E-state index contributed by atoms with van der Waals surface area (Å²) in [5.74, 6) is 0.726. The Kier molecular flexibility index (Phi) is 5.21. The van der Waals surface area contributed by atoms with Crippen LogP contribution in [-0.4, -0.2) is 45.8 Å². The number of carbonyl (C=O) groups is 1. The van der Waals surface area contributed by atoms with Gasteiger partial charge in [0.2, 0.25) is 0 Å². The van der Waals surface area contributed by atoms with Gasteiger partial charge >= 0.3 is 0 Å². The number of nitrogens with zero attached hydrogens (tertiary/aromatic N) is 3. The Morgan fingerprint density at radius 3 is 2.35 bits per heavy atom. The van der Waals surface area contributed by atoms with Crippen molar-refractivity contribution in [1.82, 2.24) is 15.5 Å². The number of fused-ring (bicyclic) bond motifs is 1. The van der Waals surface area contributed by atoms with Crippen LogP contribution in [0.25, 0.3) is 22.0 Å². The van der Waals surface area contributed by atoms with Gasteiger partial charge in [0.15, 0.2) is 12.1 Å². The van der Waals surface area contributed by atoms with E-state index >= 15 is 0 Å². The summed E-state index contributed by atoms with van der Waals surface area (Å²) in [6.45, 7) is 8.93. The molecular weight excluding hydrogens is 388 g/mol. The van der Waals surface area contributed by atoms with Crippen molar-refractivity contribution in [1.29, 1.82) is 0 Å². The third kappa shape index (κ3) is 4.12. The van der Waals surface area contributed by atoms with Crippen LogP contribution in [0, 0.1) is 0 Å². The van der Waals surface area contributed by atoms with Gasteiger partial charge in [-0.25, -0.2) is 0 Å². The van der Waals surface area contributed by atoms with E-state index in [0.29, 0.717) is 23.6 Å². The van der Waals surface area contributed by atoms with Crippen molar-refractivity contribution in [3.05, 3.63) is 48.0 Å². The number of carbonyl (C=O) groups excluding carboxylic acids is 1. The van der Waals surface area contributed by atoms with Gasteiger partial charge in [-0.15, -0.1) is 10.2 Å². The van der Waals surface area contributed by atoms with Gasteiger partial charge in [0, 0.05) is 29.7 Å². The number of benzene rings is 2. The fourth-order valence-corrected chi connectivity index (χ4v) is 5.07. The number of phenolic OH excluding ortho intramolecular Hbond substituents is 1. The van der Waals surface area contributed by atoms with Crippen molar-refractivity contribution in [2.75, 3.05) is 11.9 Å². The second kappa shape index (κ2) is 7.61. The molecule has 1 fully saturated rings. The molecule has 1 aliphatic heterocycles. The maximum Gasteiger partial charge on any atom is 0.154 e. The molecule has 162 valence electrons. The quantitative estimate of drug-likeness (QED) is 0.605. The molecular formula is C25H30N4O2. The molecule has 0 bridgehead atoms. The fraction of sp³-hybridized carbons (Fsp3) is 0.400. The van der Waals surface area contributed by atoms with E-state index in [1.165, 1.54) is 0 Å². The molecule has 6 nitrogen and oxygen atoms in total. The van der Waals surface area contributed by atoms with Crippen LogP contribution in [0.15, 0.2) is 42.5 Å². The highest BCUT2D eigenvalue weighted by Crippen LogP contribution is 2.37. The molecule has 2 heterocycles. The smallest absolute Gasteiger partial charge is 0.154 e. The molecule has 0 unspecified atom stereocenters. The minimum atomic E-state index is -0.0639. The average molecular weight is 419 g/mol. The van der Waals surface area contributed by atoms with Crippen molar-refractivity contribution in [3.63, 3.8) is 0 Å². The fourth-order valence-electron chi connectivity index (χ4n) is 5.07. The standard InChI is InChI=1S/C25H30N4O2/c1-24(2)13-17(14-25(3,4)28-24)29(5)22-11-10-21(26-27-22)19-12-16-8-6-7-9-18(16)20(15-30)23(19)31/h6-12,15,17,28,31H,13-14H2,1-5H3. The first-order chi connectivity index (χ1) is 14.6. The summed E-state index contributed by atoms with van der Waals surface area (Å²) >= 11 is 0. The number of phenols is 1. The van der Waals surface area contributed by atoms with Crippen molar-refractivity contribution in [2.45, 2.75) is 57.7 Å². The Hall–Kier alpha value is -2.99. The number of hydrogen-bond acceptors (Lipinski definition) is 6. The molecule has 0 radical (unpaired) electrons. The highest BCUT2D eigenvalue weighted by atomic mass is 16.3. The SMILES string of the molecule is CN(c1ccc(-c2cc3ccccc3c(C=O)c2O)nn1)C1CC(C)(C)NC(C)(C)C1. The normalized spacial score (nSPS) is 18.1. The molecule has 2 aromatic carbocycles. The minimum Gasteiger partial charge on any atom is -0.506 e. The molecule has 31 heavy (non-hydrogen) atoms. The molecule has 4 rings (SSSR count). The van der Waals surface area contributed by atoms with Crippen LogP contribution in [0.2, 0.25) is 0 Å². The van der Waals surface area contributed by atoms with Gasteiger partial charge in [-0.1, -0.05) is 24.3 Å². The Morgan fingerprint density at radius 1 is 1.06 bits per heavy atom. The summed E-state index contributed by atoms with van der Waals surface area (Å²) < 4.78 is 0. The van der Waals surface area contributed by atoms with E-state index in [1.54, 1.807) is 0 Å². The van der Waals surface area contributed by atoms with Gasteiger partial charge < -0.3 is 15.3 Å². The number of piperidine rings is 1. The van der Waals surface area contributed by atoms with Crippen LogP contribution in [0.3, 0.4) is 0 Å². The summed E-state index contributed by atoms with van der Waals surface area (Å²) in [6.07, 6.45) is 2.70. The molecule has 6 heteroatoms. The lowest BCUT2D eigenvalue weighted by Gasteiger charge is -2.49. The number of aromatic nitrogens is 2. The van der Waals surface area contributed by atoms with E-state index in [2.05, 4.69) is 55.2 Å². The van der Waals surface area contributed by atoms with E-state index in [4.69, 9.17) is 0 Å². The van der Waals surface area contributed by atoms with E-state index in [-0.39, 0.29) is 22.4 Å². The third-order valence-electron chi connectivity index (χ3n) is 6.18. The first-order valence-corrected chi connectivity index (χ1v) is 10.7. The monoisotopic (exact) mass is 418 g/mol. The molecule has 1 saturated heterocycles. The van der Waals surface area contributed by atoms with E-state index in [0.717, 1.165) is 29.4 Å². The number of nitrogens with one attached hydrogen (secondary N) is 1. The first kappa shape index (κ1) is 21.2. The highest BCUT2D eigenvalue weighted by molar-refractivity contribution is 6.04. The highest BCUT2D eigenvalue weighted by Gasteiger charge is 2.39. The van der Waals surface area contributed by atoms with Crippen LogP contribution in [0.4, 0.5) is 5.82 Å². The van der Waals surface area contributed by atoms with E-state index in [9.17, 15) is 9.90 Å². The zero-order valence-electron chi connectivity index (χ0n) is 18.8. The van der Waals surface area contributed by atoms with Crippen LogP contribution in [0.1, 0.15) is 50.9 Å². The Bertz CT molecular complexity index is 1110.